The zero-order valence-corrected chi connectivity index (χ0v) is 19.1. The predicted octanol–water partition coefficient (Wildman–Crippen LogP) is -8.28. The maximum atomic E-state index is 12.5. The summed E-state index contributed by atoms with van der Waals surface area (Å²) in [6.45, 7) is 0. The van der Waals surface area contributed by atoms with Crippen LogP contribution in [0.2, 0.25) is 0 Å². The maximum Gasteiger partial charge on any atom is 1.00 e. The van der Waals surface area contributed by atoms with E-state index in [1.54, 1.807) is 0 Å². The standard InChI is InChI=1S/C18H14O8.2Na/c19-13(11-7-3-1-4-8-11)17(25,15(21)22)18(26,16(23)24)14(20)12-9-5-2-6-10-12;;/h1-10,25-26H,(H,21,22)(H,23,24);;/q;2*+1/p-2/t17-,18-;;/m0../s1. The van der Waals surface area contributed by atoms with Gasteiger partial charge in [0.15, 0.2) is 0 Å². The van der Waals surface area contributed by atoms with Gasteiger partial charge in [-0.2, -0.15) is 0 Å². The Morgan fingerprint density at radius 2 is 0.857 bits per heavy atom. The largest absolute Gasteiger partial charge is 1.00 e. The summed E-state index contributed by atoms with van der Waals surface area (Å²) < 4.78 is 0. The van der Waals surface area contributed by atoms with Gasteiger partial charge >= 0.3 is 59.1 Å². The Bertz CT molecular complexity index is 798. The van der Waals surface area contributed by atoms with Crippen LogP contribution in [0.1, 0.15) is 20.7 Å². The second kappa shape index (κ2) is 10.4. The number of hydrogen-bond acceptors (Lipinski definition) is 8. The van der Waals surface area contributed by atoms with Crippen LogP contribution in [0.3, 0.4) is 0 Å². The zero-order chi connectivity index (χ0) is 19.5. The van der Waals surface area contributed by atoms with E-state index in [2.05, 4.69) is 0 Å². The van der Waals surface area contributed by atoms with Crippen molar-refractivity contribution in [3.8, 4) is 0 Å². The minimum atomic E-state index is -4.12. The molecule has 0 heterocycles. The van der Waals surface area contributed by atoms with Crippen molar-refractivity contribution in [1.82, 2.24) is 0 Å². The Morgan fingerprint density at radius 1 is 0.607 bits per heavy atom. The van der Waals surface area contributed by atoms with E-state index in [1.807, 2.05) is 0 Å². The van der Waals surface area contributed by atoms with Crippen LogP contribution in [0, 0.1) is 0 Å². The summed E-state index contributed by atoms with van der Waals surface area (Å²) in [6.07, 6.45) is 0. The van der Waals surface area contributed by atoms with Crippen molar-refractivity contribution in [2.75, 3.05) is 0 Å². The van der Waals surface area contributed by atoms with Crippen molar-refractivity contribution >= 4 is 23.5 Å². The molecule has 10 heteroatoms. The number of rotatable bonds is 7. The first-order valence-corrected chi connectivity index (χ1v) is 7.24. The molecule has 2 N–H and O–H groups in total. The van der Waals surface area contributed by atoms with Gasteiger partial charge in [0.1, 0.15) is 0 Å². The van der Waals surface area contributed by atoms with Gasteiger partial charge in [0.2, 0.25) is 22.8 Å². The van der Waals surface area contributed by atoms with E-state index in [1.165, 1.54) is 36.4 Å². The molecule has 0 aromatic heterocycles. The molecule has 0 radical (unpaired) electrons. The Kier molecular flexibility index (Phi) is 9.92. The molecule has 0 saturated heterocycles. The van der Waals surface area contributed by atoms with Gasteiger partial charge in [0.05, 0.1) is 11.9 Å². The Labute approximate surface area is 203 Å². The molecule has 0 aliphatic heterocycles. The Morgan fingerprint density at radius 3 is 1.07 bits per heavy atom. The molecule has 0 aliphatic rings. The summed E-state index contributed by atoms with van der Waals surface area (Å²) in [4.78, 5) is 48.1. The van der Waals surface area contributed by atoms with Gasteiger partial charge in [-0.1, -0.05) is 60.7 Å². The third-order valence-electron chi connectivity index (χ3n) is 3.84. The first kappa shape index (κ1) is 26.6. The molecule has 0 aliphatic carbocycles. The van der Waals surface area contributed by atoms with Crippen LogP contribution in [0.5, 0.6) is 0 Å². The molecule has 28 heavy (non-hydrogen) atoms. The van der Waals surface area contributed by atoms with Gasteiger partial charge in [0.25, 0.3) is 0 Å². The maximum absolute atomic E-state index is 12.5. The smallest absolute Gasteiger partial charge is 0.546 e. The number of hydrogen-bond donors (Lipinski definition) is 2. The summed E-state index contributed by atoms with van der Waals surface area (Å²) in [5.41, 5.74) is -9.17. The third kappa shape index (κ3) is 4.45. The van der Waals surface area contributed by atoms with E-state index in [9.17, 15) is 39.6 Å². The van der Waals surface area contributed by atoms with Crippen LogP contribution in [-0.4, -0.2) is 44.9 Å². The van der Waals surface area contributed by atoms with E-state index in [-0.39, 0.29) is 59.1 Å². The molecule has 0 bridgehead atoms. The molecule has 0 fully saturated rings. The van der Waals surface area contributed by atoms with E-state index in [0.29, 0.717) is 0 Å². The molecule has 8 nitrogen and oxygen atoms in total. The number of carbonyl (C=O) groups is 4. The molecule has 0 unspecified atom stereocenters. The normalized spacial score (nSPS) is 14.2. The van der Waals surface area contributed by atoms with Gasteiger partial charge in [0, 0.05) is 11.1 Å². The van der Waals surface area contributed by atoms with Crippen LogP contribution in [0.25, 0.3) is 0 Å². The van der Waals surface area contributed by atoms with Crippen LogP contribution < -0.4 is 69.3 Å². The minimum Gasteiger partial charge on any atom is -0.546 e. The molecule has 0 saturated carbocycles. The summed E-state index contributed by atoms with van der Waals surface area (Å²) >= 11 is 0. The number of benzene rings is 2. The molecule has 2 aromatic rings. The first-order chi connectivity index (χ1) is 12.2. The van der Waals surface area contributed by atoms with Crippen molar-refractivity contribution in [2.45, 2.75) is 11.2 Å². The second-order valence-corrected chi connectivity index (χ2v) is 5.39. The third-order valence-corrected chi connectivity index (χ3v) is 3.84. The van der Waals surface area contributed by atoms with Crippen molar-refractivity contribution in [3.05, 3.63) is 71.8 Å². The van der Waals surface area contributed by atoms with Crippen molar-refractivity contribution in [1.29, 1.82) is 0 Å². The average Bonchev–Trinajstić information content (AvgIpc) is 2.66. The number of carboxylic acids is 2. The number of Topliss-reactive ketones (excluding diaryl/α,β-unsaturated/α-hetero) is 2. The summed E-state index contributed by atoms with van der Waals surface area (Å²) in [5.74, 6) is -8.81. The molecule has 2 atom stereocenters. The van der Waals surface area contributed by atoms with Crippen LogP contribution in [0.15, 0.2) is 60.7 Å². The number of carbonyl (C=O) groups excluding carboxylic acids is 4. The van der Waals surface area contributed by atoms with Crippen LogP contribution >= 0.6 is 0 Å². The van der Waals surface area contributed by atoms with E-state index < -0.39 is 45.8 Å². The topological polar surface area (TPSA) is 155 Å². The van der Waals surface area contributed by atoms with Crippen molar-refractivity contribution in [3.63, 3.8) is 0 Å². The number of aliphatic hydroxyl groups is 2. The number of ketones is 2. The fourth-order valence-electron chi connectivity index (χ4n) is 2.41. The molecule has 134 valence electrons. The quantitative estimate of drug-likeness (QED) is 0.263. The van der Waals surface area contributed by atoms with Gasteiger partial charge in [-0.15, -0.1) is 0 Å². The second-order valence-electron chi connectivity index (χ2n) is 5.39. The summed E-state index contributed by atoms with van der Waals surface area (Å²) in [6, 6.07) is 12.4. The Hall–Kier alpha value is -1.36. The molecule has 0 spiro atoms. The zero-order valence-electron chi connectivity index (χ0n) is 15.1. The van der Waals surface area contributed by atoms with Gasteiger partial charge < -0.3 is 30.0 Å². The van der Waals surface area contributed by atoms with E-state index in [0.717, 1.165) is 24.3 Å². The minimum absolute atomic E-state index is 0. The van der Waals surface area contributed by atoms with E-state index >= 15 is 0 Å². The van der Waals surface area contributed by atoms with Crippen LogP contribution in [0.4, 0.5) is 0 Å². The number of carboxylic acid groups (broad SMARTS) is 2. The fraction of sp³-hybridized carbons (Fsp3) is 0.111. The fourth-order valence-corrected chi connectivity index (χ4v) is 2.41. The van der Waals surface area contributed by atoms with Gasteiger partial charge in [-0.25, -0.2) is 0 Å². The summed E-state index contributed by atoms with van der Waals surface area (Å²) in [5, 5.41) is 43.9. The van der Waals surface area contributed by atoms with Crippen molar-refractivity contribution in [2.24, 2.45) is 0 Å². The number of aliphatic carboxylic acids is 2. The van der Waals surface area contributed by atoms with Crippen molar-refractivity contribution < 1.29 is 98.7 Å². The SMILES string of the molecule is O=C([O-])[C@@](O)(C(=O)c1ccccc1)[C@@](O)(C(=O)[O-])C(=O)c1ccccc1.[Na+].[Na+]. The molecular weight excluding hydrogens is 390 g/mol. The predicted molar refractivity (Wildman–Crippen MR) is 81.5 cm³/mol. The van der Waals surface area contributed by atoms with Gasteiger partial charge in [-0.05, 0) is 0 Å². The van der Waals surface area contributed by atoms with E-state index in [4.69, 9.17) is 0 Å². The molecule has 2 aromatic carbocycles. The molecule has 0 amide bonds. The average molecular weight is 402 g/mol. The summed E-state index contributed by atoms with van der Waals surface area (Å²) in [7, 11) is 0. The van der Waals surface area contributed by atoms with Crippen LogP contribution in [-0.2, 0) is 9.59 Å². The molecule has 2 rings (SSSR count). The first-order valence-electron chi connectivity index (χ1n) is 7.24. The monoisotopic (exact) mass is 402 g/mol. The Balaban J connectivity index is 0.00000364. The van der Waals surface area contributed by atoms with Gasteiger partial charge in [-0.3, -0.25) is 9.59 Å². The molecular formula is C18H12Na2O8.